The fraction of sp³-hybridized carbons (Fsp3) is 0.400. The minimum Gasteiger partial charge on any atom is -0.467 e. The van der Waals surface area contributed by atoms with E-state index in [1.165, 1.54) is 21.3 Å². The highest BCUT2D eigenvalue weighted by atomic mass is 16.5. The molecule has 0 fully saturated rings. The average molecular weight is 264 g/mol. The highest BCUT2D eigenvalue weighted by Gasteiger charge is 2.14. The van der Waals surface area contributed by atoms with E-state index in [4.69, 9.17) is 14.2 Å². The summed E-state index contributed by atoms with van der Waals surface area (Å²) in [6.45, 7) is 1.71. The summed E-state index contributed by atoms with van der Waals surface area (Å²) in [7, 11) is 4.35. The first-order chi connectivity index (χ1) is 9.16. The van der Waals surface area contributed by atoms with Crippen LogP contribution in [0.15, 0.2) is 0 Å². The minimum absolute atomic E-state index is 0.110. The summed E-state index contributed by atoms with van der Waals surface area (Å²) in [5.41, 5.74) is 0. The molecule has 0 atom stereocenters. The number of nitrogens with zero attached hydrogens (tertiary/aromatic N) is 6. The summed E-state index contributed by atoms with van der Waals surface area (Å²) in [4.78, 5) is 24.2. The molecule has 2 aromatic rings. The van der Waals surface area contributed by atoms with E-state index in [0.29, 0.717) is 5.82 Å². The van der Waals surface area contributed by atoms with Crippen LogP contribution in [0.1, 0.15) is 5.82 Å². The zero-order valence-corrected chi connectivity index (χ0v) is 10.9. The Morgan fingerprint density at radius 3 is 1.47 bits per heavy atom. The lowest BCUT2D eigenvalue weighted by Gasteiger charge is -2.05. The molecule has 100 valence electrons. The molecular weight excluding hydrogens is 252 g/mol. The Labute approximate surface area is 109 Å². The summed E-state index contributed by atoms with van der Waals surface area (Å²) < 4.78 is 14.9. The maximum atomic E-state index is 4.97. The van der Waals surface area contributed by atoms with Gasteiger partial charge in [-0.2, -0.15) is 19.9 Å². The van der Waals surface area contributed by atoms with E-state index in [0.717, 1.165) is 0 Å². The van der Waals surface area contributed by atoms with Gasteiger partial charge < -0.3 is 14.2 Å². The summed E-state index contributed by atoms with van der Waals surface area (Å²) in [5, 5.41) is 0. The van der Waals surface area contributed by atoms with E-state index in [1.54, 1.807) is 6.92 Å². The molecule has 0 aliphatic rings. The van der Waals surface area contributed by atoms with Gasteiger partial charge in [0.1, 0.15) is 5.82 Å². The lowest BCUT2D eigenvalue weighted by Crippen LogP contribution is -2.05. The fourth-order valence-electron chi connectivity index (χ4n) is 1.27. The first-order valence-corrected chi connectivity index (χ1v) is 5.27. The molecule has 2 heterocycles. The summed E-state index contributed by atoms with van der Waals surface area (Å²) in [5.74, 6) is 0.955. The molecule has 0 saturated heterocycles. The Bertz CT molecular complexity index is 569. The van der Waals surface area contributed by atoms with Gasteiger partial charge in [-0.25, -0.2) is 4.98 Å². The van der Waals surface area contributed by atoms with Crippen molar-refractivity contribution in [3.05, 3.63) is 5.82 Å². The predicted octanol–water partition coefficient (Wildman–Crippen LogP) is 0.0578. The number of hydrogen-bond acceptors (Lipinski definition) is 9. The third-order valence-electron chi connectivity index (χ3n) is 2.07. The second-order valence-corrected chi connectivity index (χ2v) is 3.33. The summed E-state index contributed by atoms with van der Waals surface area (Å²) in [6.07, 6.45) is 0. The van der Waals surface area contributed by atoms with E-state index < -0.39 is 0 Å². The van der Waals surface area contributed by atoms with Gasteiger partial charge in [-0.1, -0.05) is 0 Å². The third-order valence-corrected chi connectivity index (χ3v) is 2.07. The zero-order valence-electron chi connectivity index (χ0n) is 10.9. The molecule has 0 aliphatic heterocycles. The van der Waals surface area contributed by atoms with E-state index in [2.05, 4.69) is 29.9 Å². The molecule has 0 spiro atoms. The second-order valence-electron chi connectivity index (χ2n) is 3.33. The van der Waals surface area contributed by atoms with Crippen molar-refractivity contribution in [3.8, 4) is 29.7 Å². The quantitative estimate of drug-likeness (QED) is 0.757. The Morgan fingerprint density at radius 1 is 0.579 bits per heavy atom. The molecule has 19 heavy (non-hydrogen) atoms. The Hall–Kier alpha value is -2.58. The van der Waals surface area contributed by atoms with Crippen molar-refractivity contribution in [2.24, 2.45) is 0 Å². The molecule has 2 aromatic heterocycles. The van der Waals surface area contributed by atoms with Crippen LogP contribution in [0.3, 0.4) is 0 Å². The highest BCUT2D eigenvalue weighted by Crippen LogP contribution is 2.17. The van der Waals surface area contributed by atoms with Crippen LogP contribution in [0.25, 0.3) is 11.6 Å². The number of aromatic nitrogens is 6. The zero-order chi connectivity index (χ0) is 13.8. The number of methoxy groups -OCH3 is 3. The average Bonchev–Trinajstić information content (AvgIpc) is 2.45. The van der Waals surface area contributed by atoms with Gasteiger partial charge in [0.15, 0.2) is 0 Å². The van der Waals surface area contributed by atoms with Crippen LogP contribution in [-0.2, 0) is 0 Å². The van der Waals surface area contributed by atoms with E-state index in [1.807, 2.05) is 0 Å². The van der Waals surface area contributed by atoms with Crippen LogP contribution < -0.4 is 14.2 Å². The molecule has 2 rings (SSSR count). The van der Waals surface area contributed by atoms with Crippen molar-refractivity contribution >= 4 is 0 Å². The van der Waals surface area contributed by atoms with E-state index in [-0.39, 0.29) is 29.7 Å². The number of ether oxygens (including phenoxy) is 3. The topological polar surface area (TPSA) is 105 Å². The van der Waals surface area contributed by atoms with Gasteiger partial charge in [0.25, 0.3) is 0 Å². The largest absolute Gasteiger partial charge is 0.467 e. The van der Waals surface area contributed by atoms with Crippen molar-refractivity contribution in [2.45, 2.75) is 6.92 Å². The van der Waals surface area contributed by atoms with Crippen LogP contribution in [0.2, 0.25) is 0 Å². The first kappa shape index (κ1) is 12.9. The molecule has 0 amide bonds. The van der Waals surface area contributed by atoms with E-state index in [9.17, 15) is 0 Å². The molecule has 0 unspecified atom stereocenters. The lowest BCUT2D eigenvalue weighted by molar-refractivity contribution is 0.340. The van der Waals surface area contributed by atoms with Gasteiger partial charge in [0.05, 0.1) is 21.3 Å². The Balaban J connectivity index is 2.54. The smallest absolute Gasteiger partial charge is 0.323 e. The Kier molecular flexibility index (Phi) is 3.64. The van der Waals surface area contributed by atoms with Gasteiger partial charge in [-0.3, -0.25) is 0 Å². The molecule has 0 N–H and O–H groups in total. The molecule has 0 bridgehead atoms. The monoisotopic (exact) mass is 264 g/mol. The second kappa shape index (κ2) is 5.38. The van der Waals surface area contributed by atoms with Gasteiger partial charge in [0, 0.05) is 0 Å². The van der Waals surface area contributed by atoms with Crippen LogP contribution in [0.5, 0.6) is 18.0 Å². The first-order valence-electron chi connectivity index (χ1n) is 5.27. The van der Waals surface area contributed by atoms with Gasteiger partial charge >= 0.3 is 18.0 Å². The van der Waals surface area contributed by atoms with Crippen molar-refractivity contribution in [1.82, 2.24) is 29.9 Å². The molecule has 0 radical (unpaired) electrons. The minimum atomic E-state index is 0.110. The van der Waals surface area contributed by atoms with Crippen molar-refractivity contribution in [3.63, 3.8) is 0 Å². The molecule has 9 heteroatoms. The molecular formula is C10H12N6O3. The molecule has 0 aliphatic carbocycles. The maximum absolute atomic E-state index is 4.97. The van der Waals surface area contributed by atoms with E-state index >= 15 is 0 Å². The number of aryl methyl sites for hydroxylation is 1. The summed E-state index contributed by atoms with van der Waals surface area (Å²) in [6, 6.07) is 0.401. The van der Waals surface area contributed by atoms with Gasteiger partial charge in [-0.05, 0) is 6.92 Å². The number of hydrogen-bond donors (Lipinski definition) is 0. The van der Waals surface area contributed by atoms with Gasteiger partial charge in [-0.15, -0.1) is 4.98 Å². The third kappa shape index (κ3) is 2.81. The van der Waals surface area contributed by atoms with Crippen LogP contribution >= 0.6 is 0 Å². The normalized spacial score (nSPS) is 10.1. The predicted molar refractivity (Wildman–Crippen MR) is 63.0 cm³/mol. The number of rotatable bonds is 4. The van der Waals surface area contributed by atoms with Crippen LogP contribution in [-0.4, -0.2) is 51.2 Å². The Morgan fingerprint density at radius 2 is 1.00 bits per heavy atom. The van der Waals surface area contributed by atoms with Crippen LogP contribution in [0, 0.1) is 6.92 Å². The van der Waals surface area contributed by atoms with Crippen molar-refractivity contribution in [1.29, 1.82) is 0 Å². The van der Waals surface area contributed by atoms with Crippen molar-refractivity contribution in [2.75, 3.05) is 21.3 Å². The maximum Gasteiger partial charge on any atom is 0.323 e. The standard InChI is InChI=1S/C10H12N6O3/c1-5-11-6(13-8(12-5)17-2)7-14-9(18-3)16-10(15-7)19-4/h1-4H3. The molecule has 0 saturated carbocycles. The van der Waals surface area contributed by atoms with Gasteiger partial charge in [0.2, 0.25) is 11.6 Å². The van der Waals surface area contributed by atoms with Crippen molar-refractivity contribution < 1.29 is 14.2 Å². The molecule has 0 aromatic carbocycles. The molecule has 9 nitrogen and oxygen atoms in total. The highest BCUT2D eigenvalue weighted by molar-refractivity contribution is 5.44. The van der Waals surface area contributed by atoms with Crippen LogP contribution in [0.4, 0.5) is 0 Å². The summed E-state index contributed by atoms with van der Waals surface area (Å²) >= 11 is 0. The SMILES string of the molecule is COc1nc(C)nc(-c2nc(OC)nc(OC)n2)n1. The fourth-order valence-corrected chi connectivity index (χ4v) is 1.27. The lowest BCUT2D eigenvalue weighted by atomic mass is 10.5.